The number of benzene rings is 2. The van der Waals surface area contributed by atoms with Crippen molar-refractivity contribution in [3.8, 4) is 11.1 Å². The number of carboxylic acids is 1. The molecule has 3 atom stereocenters. The first-order valence-electron chi connectivity index (χ1n) is 11.2. The van der Waals surface area contributed by atoms with Gasteiger partial charge in [0.1, 0.15) is 6.61 Å². The van der Waals surface area contributed by atoms with Crippen LogP contribution in [0.1, 0.15) is 43.2 Å². The van der Waals surface area contributed by atoms with Crippen molar-refractivity contribution in [3.05, 3.63) is 59.7 Å². The van der Waals surface area contributed by atoms with Crippen LogP contribution in [0, 0.1) is 0 Å². The number of hydrogen-bond donors (Lipinski definition) is 3. The Labute approximate surface area is 192 Å². The first-order valence-corrected chi connectivity index (χ1v) is 11.2. The van der Waals surface area contributed by atoms with Crippen molar-refractivity contribution < 1.29 is 29.0 Å². The highest BCUT2D eigenvalue weighted by Crippen LogP contribution is 2.44. The largest absolute Gasteiger partial charge is 0.479 e. The second-order valence-corrected chi connectivity index (χ2v) is 8.37. The van der Waals surface area contributed by atoms with Crippen LogP contribution in [-0.2, 0) is 19.1 Å². The highest BCUT2D eigenvalue weighted by Gasteiger charge is 2.35. The number of nitrogens with one attached hydrogen (secondary N) is 2. The van der Waals surface area contributed by atoms with Gasteiger partial charge in [-0.3, -0.25) is 4.79 Å². The Morgan fingerprint density at radius 3 is 2.33 bits per heavy atom. The lowest BCUT2D eigenvalue weighted by Crippen LogP contribution is -2.46. The fraction of sp³-hybridized carbons (Fsp3) is 0.400. The minimum absolute atomic E-state index is 0.0313. The summed E-state index contributed by atoms with van der Waals surface area (Å²) in [6.45, 7) is 2.35. The normalized spacial score (nSPS) is 19.9. The maximum atomic E-state index is 12.5. The standard InChI is InChI=1S/C25H28N2O6/c1-2-15(13-22(28)27-21-11-12-32-23(21)24(29)30)26-25(31)33-14-20-18-9-5-3-7-16(18)17-8-4-6-10-19(17)20/h3-10,15,20-21,23H,2,11-14H2,1H3,(H,26,31)(H,27,28)(H,29,30)/t15?,21-,23+/m0/s1. The van der Waals surface area contributed by atoms with Crippen LogP contribution in [0.15, 0.2) is 48.5 Å². The van der Waals surface area contributed by atoms with Crippen LogP contribution >= 0.6 is 0 Å². The topological polar surface area (TPSA) is 114 Å². The summed E-state index contributed by atoms with van der Waals surface area (Å²) >= 11 is 0. The molecule has 8 nitrogen and oxygen atoms in total. The Morgan fingerprint density at radius 2 is 1.73 bits per heavy atom. The third-order valence-electron chi connectivity index (χ3n) is 6.27. The van der Waals surface area contributed by atoms with Crippen molar-refractivity contribution in [2.24, 2.45) is 0 Å². The predicted octanol–water partition coefficient (Wildman–Crippen LogP) is 3.05. The number of rotatable bonds is 8. The summed E-state index contributed by atoms with van der Waals surface area (Å²) in [4.78, 5) is 36.1. The number of alkyl carbamates (subject to hydrolysis) is 1. The minimum atomic E-state index is -1.10. The van der Waals surface area contributed by atoms with E-state index in [-0.39, 0.29) is 31.5 Å². The molecule has 1 fully saturated rings. The van der Waals surface area contributed by atoms with Crippen molar-refractivity contribution in [1.82, 2.24) is 10.6 Å². The molecule has 33 heavy (non-hydrogen) atoms. The molecular formula is C25H28N2O6. The summed E-state index contributed by atoms with van der Waals surface area (Å²) in [5.41, 5.74) is 4.57. The van der Waals surface area contributed by atoms with Gasteiger partial charge in [-0.25, -0.2) is 9.59 Å². The third kappa shape index (κ3) is 5.01. The van der Waals surface area contributed by atoms with Gasteiger partial charge in [0.05, 0.1) is 6.04 Å². The molecule has 1 aliphatic carbocycles. The molecule has 174 valence electrons. The summed E-state index contributed by atoms with van der Waals surface area (Å²) in [6, 6.07) is 15.2. The molecule has 2 aliphatic rings. The van der Waals surface area contributed by atoms with Crippen LogP contribution in [0.2, 0.25) is 0 Å². The van der Waals surface area contributed by atoms with E-state index in [0.717, 1.165) is 22.3 Å². The zero-order valence-corrected chi connectivity index (χ0v) is 18.5. The molecule has 2 amide bonds. The Kier molecular flexibility index (Phi) is 6.93. The van der Waals surface area contributed by atoms with Crippen molar-refractivity contribution in [1.29, 1.82) is 0 Å². The monoisotopic (exact) mass is 452 g/mol. The number of aliphatic carboxylic acids is 1. The number of ether oxygens (including phenoxy) is 2. The van der Waals surface area contributed by atoms with Crippen molar-refractivity contribution in [2.45, 2.75) is 50.3 Å². The van der Waals surface area contributed by atoms with E-state index in [4.69, 9.17) is 14.6 Å². The lowest BCUT2D eigenvalue weighted by Gasteiger charge is -2.21. The molecule has 1 unspecified atom stereocenters. The van der Waals surface area contributed by atoms with Gasteiger partial charge in [-0.1, -0.05) is 55.5 Å². The van der Waals surface area contributed by atoms with E-state index in [1.165, 1.54) is 0 Å². The number of carbonyl (C=O) groups excluding carboxylic acids is 2. The first-order chi connectivity index (χ1) is 16.0. The van der Waals surface area contributed by atoms with Crippen molar-refractivity contribution in [3.63, 3.8) is 0 Å². The van der Waals surface area contributed by atoms with Crippen LogP contribution in [0.25, 0.3) is 11.1 Å². The van der Waals surface area contributed by atoms with E-state index in [1.807, 2.05) is 31.2 Å². The van der Waals surface area contributed by atoms with Crippen LogP contribution in [0.4, 0.5) is 4.79 Å². The van der Waals surface area contributed by atoms with Gasteiger partial charge in [-0.15, -0.1) is 0 Å². The number of carboxylic acid groups (broad SMARTS) is 1. The van der Waals surface area contributed by atoms with Crippen LogP contribution < -0.4 is 10.6 Å². The summed E-state index contributed by atoms with van der Waals surface area (Å²) in [7, 11) is 0. The van der Waals surface area contributed by atoms with Gasteiger partial charge in [0.2, 0.25) is 5.91 Å². The van der Waals surface area contributed by atoms with Gasteiger partial charge < -0.3 is 25.2 Å². The Bertz CT molecular complexity index is 994. The molecule has 1 aliphatic heterocycles. The zero-order chi connectivity index (χ0) is 23.4. The van der Waals surface area contributed by atoms with Gasteiger partial charge in [0, 0.05) is 25.0 Å². The zero-order valence-electron chi connectivity index (χ0n) is 18.5. The molecule has 2 aromatic carbocycles. The smallest absolute Gasteiger partial charge is 0.407 e. The summed E-state index contributed by atoms with van der Waals surface area (Å²) in [5, 5.41) is 14.6. The highest BCUT2D eigenvalue weighted by atomic mass is 16.5. The minimum Gasteiger partial charge on any atom is -0.479 e. The molecule has 2 aromatic rings. The molecule has 0 saturated carbocycles. The maximum absolute atomic E-state index is 12.5. The fourth-order valence-corrected chi connectivity index (χ4v) is 4.57. The average molecular weight is 453 g/mol. The Balaban J connectivity index is 1.31. The fourth-order valence-electron chi connectivity index (χ4n) is 4.57. The molecule has 1 heterocycles. The molecule has 0 spiro atoms. The van der Waals surface area contributed by atoms with Gasteiger partial charge >= 0.3 is 12.1 Å². The van der Waals surface area contributed by atoms with E-state index < -0.39 is 30.3 Å². The van der Waals surface area contributed by atoms with Gasteiger partial charge in [0.25, 0.3) is 0 Å². The van der Waals surface area contributed by atoms with Crippen LogP contribution in [-0.4, -0.2) is 54.5 Å². The Morgan fingerprint density at radius 1 is 1.09 bits per heavy atom. The van der Waals surface area contributed by atoms with E-state index in [2.05, 4.69) is 34.9 Å². The van der Waals surface area contributed by atoms with Gasteiger partial charge in [-0.05, 0) is 35.1 Å². The van der Waals surface area contributed by atoms with E-state index in [9.17, 15) is 14.4 Å². The first kappa shape index (κ1) is 22.8. The van der Waals surface area contributed by atoms with Crippen LogP contribution in [0.5, 0.6) is 0 Å². The summed E-state index contributed by atoms with van der Waals surface area (Å²) in [6.07, 6.45) is -0.613. The van der Waals surface area contributed by atoms with E-state index >= 15 is 0 Å². The molecule has 8 heteroatoms. The highest BCUT2D eigenvalue weighted by molar-refractivity contribution is 5.81. The summed E-state index contributed by atoms with van der Waals surface area (Å²) in [5.74, 6) is -1.47. The third-order valence-corrected chi connectivity index (χ3v) is 6.27. The van der Waals surface area contributed by atoms with E-state index in [0.29, 0.717) is 12.8 Å². The number of amides is 2. The number of fused-ring (bicyclic) bond motifs is 3. The SMILES string of the molecule is CCC(CC(=O)N[C@H]1CCO[C@H]1C(=O)O)NC(=O)OCC1c2ccccc2-c2ccccc21. The van der Waals surface area contributed by atoms with Crippen LogP contribution in [0.3, 0.4) is 0 Å². The van der Waals surface area contributed by atoms with E-state index in [1.54, 1.807) is 0 Å². The van der Waals surface area contributed by atoms with Crippen molar-refractivity contribution >= 4 is 18.0 Å². The van der Waals surface area contributed by atoms with Gasteiger partial charge in [-0.2, -0.15) is 0 Å². The lowest BCUT2D eigenvalue weighted by atomic mass is 9.98. The van der Waals surface area contributed by atoms with Crippen molar-refractivity contribution in [2.75, 3.05) is 13.2 Å². The predicted molar refractivity (Wildman–Crippen MR) is 121 cm³/mol. The molecular weight excluding hydrogens is 424 g/mol. The molecule has 0 aromatic heterocycles. The lowest BCUT2D eigenvalue weighted by molar-refractivity contribution is -0.148. The molecule has 4 rings (SSSR count). The number of carbonyl (C=O) groups is 3. The molecule has 0 radical (unpaired) electrons. The molecule has 3 N–H and O–H groups in total. The molecule has 1 saturated heterocycles. The number of hydrogen-bond acceptors (Lipinski definition) is 5. The quantitative estimate of drug-likeness (QED) is 0.567. The maximum Gasteiger partial charge on any atom is 0.407 e. The molecule has 0 bridgehead atoms. The average Bonchev–Trinajstić information content (AvgIpc) is 3.40. The summed E-state index contributed by atoms with van der Waals surface area (Å²) < 4.78 is 10.7. The van der Waals surface area contributed by atoms with Gasteiger partial charge in [0.15, 0.2) is 6.10 Å². The second-order valence-electron chi connectivity index (χ2n) is 8.37. The second kappa shape index (κ2) is 10.0. The Hall–Kier alpha value is -3.39.